The van der Waals surface area contributed by atoms with Gasteiger partial charge in [-0.3, -0.25) is 4.90 Å². The Kier molecular flexibility index (Phi) is 4.57. The third-order valence-electron chi connectivity index (χ3n) is 5.84. The van der Waals surface area contributed by atoms with E-state index in [1.165, 1.54) is 33.8 Å². The van der Waals surface area contributed by atoms with Crippen LogP contribution in [0, 0.1) is 5.82 Å². The Hall–Kier alpha value is -3.11. The number of para-hydroxylation sites is 1. The van der Waals surface area contributed by atoms with Crippen LogP contribution in [-0.4, -0.2) is 23.5 Å². The highest BCUT2D eigenvalue weighted by atomic mass is 19.1. The number of methoxy groups -OCH3 is 1. The van der Waals surface area contributed by atoms with Gasteiger partial charge in [0.1, 0.15) is 11.6 Å². The van der Waals surface area contributed by atoms with E-state index in [1.54, 1.807) is 19.2 Å². The van der Waals surface area contributed by atoms with Crippen molar-refractivity contribution in [1.82, 2.24) is 9.88 Å². The van der Waals surface area contributed by atoms with Crippen molar-refractivity contribution in [2.24, 2.45) is 0 Å². The normalized spacial score (nSPS) is 16.7. The minimum absolute atomic E-state index is 0.0836. The van der Waals surface area contributed by atoms with Gasteiger partial charge in [0.15, 0.2) is 0 Å². The van der Waals surface area contributed by atoms with Crippen LogP contribution in [0.25, 0.3) is 10.9 Å². The van der Waals surface area contributed by atoms with Crippen molar-refractivity contribution in [2.45, 2.75) is 19.0 Å². The second-order valence-electron chi connectivity index (χ2n) is 7.59. The molecule has 5 rings (SSSR count). The Morgan fingerprint density at radius 3 is 2.66 bits per heavy atom. The minimum atomic E-state index is -0.188. The first kappa shape index (κ1) is 18.0. The maximum absolute atomic E-state index is 13.8. The van der Waals surface area contributed by atoms with Gasteiger partial charge in [-0.1, -0.05) is 42.5 Å². The molecule has 1 unspecified atom stereocenters. The Morgan fingerprint density at radius 1 is 1.03 bits per heavy atom. The maximum atomic E-state index is 13.8. The molecule has 0 saturated carbocycles. The molecule has 1 N–H and O–H groups in total. The minimum Gasteiger partial charge on any atom is -0.497 e. The molecular weight excluding hydrogens is 363 g/mol. The number of benzene rings is 3. The van der Waals surface area contributed by atoms with Gasteiger partial charge in [0.2, 0.25) is 0 Å². The number of aromatic amines is 1. The predicted molar refractivity (Wildman–Crippen MR) is 114 cm³/mol. The van der Waals surface area contributed by atoms with Gasteiger partial charge in [-0.15, -0.1) is 0 Å². The highest BCUT2D eigenvalue weighted by Crippen LogP contribution is 2.39. The Balaban J connectivity index is 1.60. The SMILES string of the molecule is COc1ccc(C2c3[nH]c4ccccc4c3CCN2Cc2cccc(F)c2)cc1. The van der Waals surface area contributed by atoms with Gasteiger partial charge in [-0.05, 0) is 53.4 Å². The summed E-state index contributed by atoms with van der Waals surface area (Å²) in [7, 11) is 1.68. The van der Waals surface area contributed by atoms with Crippen LogP contribution in [0.2, 0.25) is 0 Å². The molecular formula is C25H23FN2O. The molecule has 0 spiro atoms. The van der Waals surface area contributed by atoms with E-state index in [-0.39, 0.29) is 11.9 Å². The molecule has 146 valence electrons. The van der Waals surface area contributed by atoms with Gasteiger partial charge in [-0.2, -0.15) is 0 Å². The first-order valence-electron chi connectivity index (χ1n) is 9.95. The maximum Gasteiger partial charge on any atom is 0.123 e. The quantitative estimate of drug-likeness (QED) is 0.504. The number of rotatable bonds is 4. The number of H-pyrrole nitrogens is 1. The lowest BCUT2D eigenvalue weighted by Crippen LogP contribution is -2.35. The van der Waals surface area contributed by atoms with Gasteiger partial charge in [0.25, 0.3) is 0 Å². The number of ether oxygens (including phenoxy) is 1. The molecule has 29 heavy (non-hydrogen) atoms. The van der Waals surface area contributed by atoms with Crippen molar-refractivity contribution in [3.05, 3.63) is 101 Å². The van der Waals surface area contributed by atoms with Crippen molar-refractivity contribution in [2.75, 3.05) is 13.7 Å². The lowest BCUT2D eigenvalue weighted by Gasteiger charge is -2.36. The largest absolute Gasteiger partial charge is 0.497 e. The summed E-state index contributed by atoms with van der Waals surface area (Å²) in [5, 5.41) is 1.30. The van der Waals surface area contributed by atoms with E-state index < -0.39 is 0 Å². The zero-order valence-electron chi connectivity index (χ0n) is 16.4. The molecule has 1 atom stereocenters. The van der Waals surface area contributed by atoms with E-state index >= 15 is 0 Å². The average molecular weight is 386 g/mol. The highest BCUT2D eigenvalue weighted by Gasteiger charge is 2.31. The van der Waals surface area contributed by atoms with Crippen LogP contribution < -0.4 is 4.74 Å². The zero-order valence-corrected chi connectivity index (χ0v) is 16.4. The zero-order chi connectivity index (χ0) is 19.8. The first-order chi connectivity index (χ1) is 14.2. The number of fused-ring (bicyclic) bond motifs is 3. The van der Waals surface area contributed by atoms with Crippen molar-refractivity contribution in [1.29, 1.82) is 0 Å². The molecule has 0 fully saturated rings. The summed E-state index contributed by atoms with van der Waals surface area (Å²) in [6.45, 7) is 1.62. The molecule has 4 aromatic rings. The van der Waals surface area contributed by atoms with Crippen molar-refractivity contribution < 1.29 is 9.13 Å². The summed E-state index contributed by atoms with van der Waals surface area (Å²) in [6, 6.07) is 23.7. The first-order valence-corrected chi connectivity index (χ1v) is 9.95. The monoisotopic (exact) mass is 386 g/mol. The standard InChI is InChI=1S/C25H23FN2O/c1-29-20-11-9-18(10-12-20)25-24-22(21-7-2-3-8-23(21)27-24)13-14-28(25)16-17-5-4-6-19(26)15-17/h2-12,15,25,27H,13-14,16H2,1H3. The summed E-state index contributed by atoms with van der Waals surface area (Å²) >= 11 is 0. The van der Waals surface area contributed by atoms with Gasteiger partial charge in [-0.25, -0.2) is 4.39 Å². The molecule has 3 aromatic carbocycles. The number of nitrogens with one attached hydrogen (secondary N) is 1. The van der Waals surface area contributed by atoms with Crippen LogP contribution in [0.5, 0.6) is 5.75 Å². The fourth-order valence-corrected chi connectivity index (χ4v) is 4.49. The molecule has 0 radical (unpaired) electrons. The summed E-state index contributed by atoms with van der Waals surface area (Å²) in [5.41, 5.74) is 5.98. The second kappa shape index (κ2) is 7.37. The van der Waals surface area contributed by atoms with Crippen molar-refractivity contribution in [3.63, 3.8) is 0 Å². The van der Waals surface area contributed by atoms with Crippen LogP contribution in [-0.2, 0) is 13.0 Å². The molecule has 1 aliphatic rings. The van der Waals surface area contributed by atoms with Crippen LogP contribution in [0.3, 0.4) is 0 Å². The van der Waals surface area contributed by atoms with Crippen molar-refractivity contribution >= 4 is 10.9 Å². The Bertz CT molecular complexity index is 1150. The van der Waals surface area contributed by atoms with Gasteiger partial charge >= 0.3 is 0 Å². The number of hydrogen-bond donors (Lipinski definition) is 1. The number of nitrogens with zero attached hydrogens (tertiary/aromatic N) is 1. The summed E-state index contributed by atoms with van der Waals surface area (Å²) in [5.74, 6) is 0.657. The van der Waals surface area contributed by atoms with E-state index in [2.05, 4.69) is 46.3 Å². The van der Waals surface area contributed by atoms with Gasteiger partial charge < -0.3 is 9.72 Å². The van der Waals surface area contributed by atoms with E-state index in [0.29, 0.717) is 6.54 Å². The van der Waals surface area contributed by atoms with Crippen LogP contribution in [0.1, 0.15) is 28.4 Å². The van der Waals surface area contributed by atoms with Crippen LogP contribution in [0.4, 0.5) is 4.39 Å². The topological polar surface area (TPSA) is 28.3 Å². The molecule has 0 amide bonds. The average Bonchev–Trinajstić information content (AvgIpc) is 3.12. The Labute approximate surface area is 169 Å². The fraction of sp³-hybridized carbons (Fsp3) is 0.200. The lowest BCUT2D eigenvalue weighted by molar-refractivity contribution is 0.201. The molecule has 3 nitrogen and oxygen atoms in total. The summed E-state index contributed by atoms with van der Waals surface area (Å²) < 4.78 is 19.1. The smallest absolute Gasteiger partial charge is 0.123 e. The molecule has 2 heterocycles. The number of hydrogen-bond acceptors (Lipinski definition) is 2. The fourth-order valence-electron chi connectivity index (χ4n) is 4.49. The van der Waals surface area contributed by atoms with Crippen LogP contribution in [0.15, 0.2) is 72.8 Å². The van der Waals surface area contributed by atoms with E-state index in [0.717, 1.165) is 24.3 Å². The van der Waals surface area contributed by atoms with Crippen LogP contribution >= 0.6 is 0 Å². The molecule has 1 aliphatic heterocycles. The van der Waals surface area contributed by atoms with Gasteiger partial charge in [0.05, 0.1) is 13.2 Å². The van der Waals surface area contributed by atoms with E-state index in [1.807, 2.05) is 18.2 Å². The molecule has 4 heteroatoms. The van der Waals surface area contributed by atoms with Crippen molar-refractivity contribution in [3.8, 4) is 5.75 Å². The second-order valence-corrected chi connectivity index (χ2v) is 7.59. The van der Waals surface area contributed by atoms with E-state index in [9.17, 15) is 4.39 Å². The third kappa shape index (κ3) is 3.30. The highest BCUT2D eigenvalue weighted by molar-refractivity contribution is 5.85. The van der Waals surface area contributed by atoms with E-state index in [4.69, 9.17) is 4.74 Å². The summed E-state index contributed by atoms with van der Waals surface area (Å²) in [4.78, 5) is 6.10. The molecule has 0 aliphatic carbocycles. The molecule has 0 bridgehead atoms. The lowest BCUT2D eigenvalue weighted by atomic mass is 9.92. The third-order valence-corrected chi connectivity index (χ3v) is 5.84. The number of aromatic nitrogens is 1. The molecule has 0 saturated heterocycles. The Morgan fingerprint density at radius 2 is 1.86 bits per heavy atom. The predicted octanol–water partition coefficient (Wildman–Crippen LogP) is 5.46. The number of halogens is 1. The molecule has 1 aromatic heterocycles. The summed E-state index contributed by atoms with van der Waals surface area (Å²) in [6.07, 6.45) is 0.974. The van der Waals surface area contributed by atoms with Gasteiger partial charge in [0, 0.05) is 29.7 Å².